The highest BCUT2D eigenvalue weighted by Crippen LogP contribution is 2.47. The van der Waals surface area contributed by atoms with Crippen molar-refractivity contribution in [3.63, 3.8) is 0 Å². The maximum absolute atomic E-state index is 11.4. The van der Waals surface area contributed by atoms with Crippen LogP contribution in [0.5, 0.6) is 0 Å². The Morgan fingerprint density at radius 2 is 1.69 bits per heavy atom. The van der Waals surface area contributed by atoms with Crippen LogP contribution in [-0.2, 0) is 18.1 Å². The van der Waals surface area contributed by atoms with Crippen LogP contribution in [0, 0.1) is 0 Å². The monoisotopic (exact) mass is 250 g/mol. The smallest absolute Gasteiger partial charge is 0.412 e. The van der Waals surface area contributed by atoms with Crippen LogP contribution in [-0.4, -0.2) is 14.2 Å². The summed E-state index contributed by atoms with van der Waals surface area (Å²) in [6.07, 6.45) is 10.3. The van der Waals surface area contributed by atoms with Gasteiger partial charge in [0.25, 0.3) is 0 Å². The summed E-state index contributed by atoms with van der Waals surface area (Å²) in [5.41, 5.74) is 0. The third-order valence-electron chi connectivity index (χ3n) is 2.21. The minimum Gasteiger partial charge on any atom is -0.412 e. The Hall–Kier alpha value is -0.310. The number of phosphoric acid groups is 1. The van der Waals surface area contributed by atoms with Gasteiger partial charge in [0.15, 0.2) is 0 Å². The van der Waals surface area contributed by atoms with Crippen LogP contribution in [0.2, 0.25) is 0 Å². The van der Waals surface area contributed by atoms with Crippen molar-refractivity contribution >= 4 is 7.82 Å². The Bertz CT molecular complexity index is 220. The highest BCUT2D eigenvalue weighted by atomic mass is 31.2. The average Bonchev–Trinajstić information content (AvgIpc) is 2.32. The molecule has 0 atom stereocenters. The zero-order chi connectivity index (χ0) is 12.3. The zero-order valence-electron chi connectivity index (χ0n) is 10.5. The second-order valence-electron chi connectivity index (χ2n) is 3.49. The number of unbranched alkanes of at least 4 members (excludes halogenated alkanes) is 5. The van der Waals surface area contributed by atoms with Crippen molar-refractivity contribution in [2.75, 3.05) is 14.2 Å². The third-order valence-corrected chi connectivity index (χ3v) is 3.48. The van der Waals surface area contributed by atoms with Crippen molar-refractivity contribution in [2.45, 2.75) is 45.4 Å². The molecule has 0 aliphatic carbocycles. The van der Waals surface area contributed by atoms with Gasteiger partial charge in [0, 0.05) is 14.2 Å². The molecule has 0 rings (SSSR count). The molecule has 0 unspecified atom stereocenters. The standard InChI is InChI=1S/C11H23O4P/c1-4-5-6-7-8-9-10-11-15-16(12,13-2)14-3/h10-11H,4-9H2,1-3H3. The molecule has 0 fully saturated rings. The molecule has 0 amide bonds. The van der Waals surface area contributed by atoms with E-state index in [1.807, 2.05) is 6.08 Å². The summed E-state index contributed by atoms with van der Waals surface area (Å²) in [5.74, 6) is 0. The van der Waals surface area contributed by atoms with Gasteiger partial charge in [-0.25, -0.2) is 4.57 Å². The molecule has 5 heteroatoms. The molecule has 96 valence electrons. The zero-order valence-corrected chi connectivity index (χ0v) is 11.4. The van der Waals surface area contributed by atoms with Crippen LogP contribution >= 0.6 is 7.82 Å². The number of hydrogen-bond donors (Lipinski definition) is 0. The second-order valence-corrected chi connectivity index (χ2v) is 5.33. The van der Waals surface area contributed by atoms with Crippen LogP contribution in [0.3, 0.4) is 0 Å². The normalized spacial score (nSPS) is 12.2. The summed E-state index contributed by atoms with van der Waals surface area (Å²) in [4.78, 5) is 0. The molecule has 0 saturated heterocycles. The molecule has 0 aromatic rings. The summed E-state index contributed by atoms with van der Waals surface area (Å²) < 4.78 is 25.5. The van der Waals surface area contributed by atoms with Gasteiger partial charge in [0.1, 0.15) is 0 Å². The molecule has 0 bridgehead atoms. The van der Waals surface area contributed by atoms with E-state index in [1.165, 1.54) is 46.2 Å². The van der Waals surface area contributed by atoms with Gasteiger partial charge in [-0.1, -0.05) is 32.6 Å². The molecule has 0 N–H and O–H groups in total. The lowest BCUT2D eigenvalue weighted by molar-refractivity contribution is 0.193. The molecular formula is C11H23O4P. The molecule has 0 spiro atoms. The number of rotatable bonds is 10. The maximum atomic E-state index is 11.4. The first kappa shape index (κ1) is 15.7. The largest absolute Gasteiger partial charge is 0.528 e. The van der Waals surface area contributed by atoms with Gasteiger partial charge in [0.2, 0.25) is 0 Å². The Kier molecular flexibility index (Phi) is 9.69. The van der Waals surface area contributed by atoms with E-state index in [0.717, 1.165) is 12.8 Å². The SMILES string of the molecule is CCCCCCCC=COP(=O)(OC)OC. The molecule has 0 aromatic carbocycles. The van der Waals surface area contributed by atoms with Crippen LogP contribution in [0.15, 0.2) is 12.3 Å². The van der Waals surface area contributed by atoms with Crippen LogP contribution in [0.4, 0.5) is 0 Å². The van der Waals surface area contributed by atoms with Gasteiger partial charge in [-0.05, 0) is 18.9 Å². The van der Waals surface area contributed by atoms with E-state index in [9.17, 15) is 4.57 Å². The lowest BCUT2D eigenvalue weighted by atomic mass is 10.1. The van der Waals surface area contributed by atoms with E-state index in [0.29, 0.717) is 0 Å². The predicted molar refractivity (Wildman–Crippen MR) is 65.2 cm³/mol. The van der Waals surface area contributed by atoms with Crippen LogP contribution < -0.4 is 0 Å². The van der Waals surface area contributed by atoms with E-state index in [1.54, 1.807) is 0 Å². The summed E-state index contributed by atoms with van der Waals surface area (Å²) in [7, 11) is -0.745. The van der Waals surface area contributed by atoms with Crippen molar-refractivity contribution < 1.29 is 18.1 Å². The van der Waals surface area contributed by atoms with Gasteiger partial charge in [-0.2, -0.15) is 0 Å². The lowest BCUT2D eigenvalue weighted by Gasteiger charge is -2.10. The molecule has 0 heterocycles. The first-order valence-electron chi connectivity index (χ1n) is 5.73. The van der Waals surface area contributed by atoms with Crippen molar-refractivity contribution in [3.05, 3.63) is 12.3 Å². The van der Waals surface area contributed by atoms with Crippen molar-refractivity contribution in [1.29, 1.82) is 0 Å². The summed E-state index contributed by atoms with van der Waals surface area (Å²) in [6.45, 7) is 2.20. The minimum atomic E-state index is -3.33. The minimum absolute atomic E-state index is 0.928. The van der Waals surface area contributed by atoms with Crippen LogP contribution in [0.1, 0.15) is 45.4 Å². The van der Waals surface area contributed by atoms with E-state index in [4.69, 9.17) is 4.52 Å². The van der Waals surface area contributed by atoms with Crippen LogP contribution in [0.25, 0.3) is 0 Å². The Balaban J connectivity index is 3.51. The fourth-order valence-corrected chi connectivity index (χ4v) is 1.77. The topological polar surface area (TPSA) is 44.8 Å². The van der Waals surface area contributed by atoms with Crippen molar-refractivity contribution in [2.24, 2.45) is 0 Å². The average molecular weight is 250 g/mol. The summed E-state index contributed by atoms with van der Waals surface area (Å²) in [5, 5.41) is 0. The quantitative estimate of drug-likeness (QED) is 0.330. The van der Waals surface area contributed by atoms with Crippen molar-refractivity contribution in [3.8, 4) is 0 Å². The summed E-state index contributed by atoms with van der Waals surface area (Å²) in [6, 6.07) is 0. The lowest BCUT2D eigenvalue weighted by Crippen LogP contribution is -1.88. The Morgan fingerprint density at radius 1 is 1.06 bits per heavy atom. The van der Waals surface area contributed by atoms with Gasteiger partial charge < -0.3 is 4.52 Å². The fraction of sp³-hybridized carbons (Fsp3) is 0.818. The van der Waals surface area contributed by atoms with Gasteiger partial charge in [-0.3, -0.25) is 9.05 Å². The molecular weight excluding hydrogens is 227 g/mol. The van der Waals surface area contributed by atoms with E-state index < -0.39 is 7.82 Å². The molecule has 0 aliphatic heterocycles. The highest BCUT2D eigenvalue weighted by molar-refractivity contribution is 7.48. The first-order valence-corrected chi connectivity index (χ1v) is 7.19. The predicted octanol–water partition coefficient (Wildman–Crippen LogP) is 4.28. The van der Waals surface area contributed by atoms with Gasteiger partial charge in [0.05, 0.1) is 6.26 Å². The molecule has 4 nitrogen and oxygen atoms in total. The van der Waals surface area contributed by atoms with Gasteiger partial charge >= 0.3 is 7.82 Å². The van der Waals surface area contributed by atoms with Gasteiger partial charge in [-0.15, -0.1) is 0 Å². The number of allylic oxidation sites excluding steroid dienone is 1. The third kappa shape index (κ3) is 7.91. The summed E-state index contributed by atoms with van der Waals surface area (Å²) >= 11 is 0. The second kappa shape index (κ2) is 9.88. The first-order chi connectivity index (χ1) is 7.68. The molecule has 0 saturated carbocycles. The number of phosphoric ester groups is 1. The van der Waals surface area contributed by atoms with E-state index in [-0.39, 0.29) is 0 Å². The Labute approximate surface area is 98.6 Å². The molecule has 0 radical (unpaired) electrons. The van der Waals surface area contributed by atoms with Crippen molar-refractivity contribution in [1.82, 2.24) is 0 Å². The fourth-order valence-electron chi connectivity index (χ4n) is 1.21. The molecule has 16 heavy (non-hydrogen) atoms. The Morgan fingerprint density at radius 3 is 2.25 bits per heavy atom. The van der Waals surface area contributed by atoms with E-state index in [2.05, 4.69) is 16.0 Å². The molecule has 0 aliphatic rings. The highest BCUT2D eigenvalue weighted by Gasteiger charge is 2.21. The maximum Gasteiger partial charge on any atom is 0.528 e. The van der Waals surface area contributed by atoms with E-state index >= 15 is 0 Å². The number of hydrogen-bond acceptors (Lipinski definition) is 4. The molecule has 0 aromatic heterocycles.